The van der Waals surface area contributed by atoms with E-state index in [0.29, 0.717) is 12.8 Å². The zero-order chi connectivity index (χ0) is 73.2. The third-order valence-corrected chi connectivity index (χ3v) is 20.0. The lowest BCUT2D eigenvalue weighted by molar-refractivity contribution is -0.379. The largest absolute Gasteiger partial charge is 0.394 e. The molecular formula is C82H147NO18. The van der Waals surface area contributed by atoms with Crippen LogP contribution in [0.3, 0.4) is 0 Å². The summed E-state index contributed by atoms with van der Waals surface area (Å²) >= 11 is 0. The maximum atomic E-state index is 13.5. The molecule has 17 unspecified atom stereocenters. The van der Waals surface area contributed by atoms with E-state index in [1.54, 1.807) is 0 Å². The first-order chi connectivity index (χ1) is 49.3. The van der Waals surface area contributed by atoms with Gasteiger partial charge in [-0.05, 0) is 64.2 Å². The third-order valence-electron chi connectivity index (χ3n) is 20.0. The Hall–Kier alpha value is -2.77. The van der Waals surface area contributed by atoms with Gasteiger partial charge < -0.3 is 89.9 Å². The monoisotopic (exact) mass is 1430 g/mol. The van der Waals surface area contributed by atoms with Crippen molar-refractivity contribution in [1.29, 1.82) is 0 Å². The van der Waals surface area contributed by atoms with Crippen molar-refractivity contribution in [3.05, 3.63) is 72.9 Å². The highest BCUT2D eigenvalue weighted by Gasteiger charge is 2.54. The van der Waals surface area contributed by atoms with Crippen molar-refractivity contribution >= 4 is 5.91 Å². The number of carbonyl (C=O) groups excluding carboxylic acids is 1. The molecule has 3 aliphatic heterocycles. The summed E-state index contributed by atoms with van der Waals surface area (Å²) in [7, 11) is 0. The van der Waals surface area contributed by atoms with E-state index in [1.165, 1.54) is 193 Å². The summed E-state index contributed by atoms with van der Waals surface area (Å²) in [5.74, 6) is -0.240. The Kier molecular flexibility index (Phi) is 57.0. The summed E-state index contributed by atoms with van der Waals surface area (Å²) in [5, 5.41) is 121. The smallest absolute Gasteiger partial charge is 0.220 e. The van der Waals surface area contributed by atoms with Crippen LogP contribution in [0.1, 0.15) is 309 Å². The van der Waals surface area contributed by atoms with Crippen molar-refractivity contribution in [3.63, 3.8) is 0 Å². The number of hydrogen-bond acceptors (Lipinski definition) is 18. The molecule has 3 fully saturated rings. The molecule has 101 heavy (non-hydrogen) atoms. The number of rotatable bonds is 64. The average molecular weight is 1440 g/mol. The predicted molar refractivity (Wildman–Crippen MR) is 401 cm³/mol. The van der Waals surface area contributed by atoms with Gasteiger partial charge in [0, 0.05) is 6.42 Å². The standard InChI is InChI=1S/C82H147NO18/c1-3-5-7-9-11-13-15-17-19-21-23-25-26-27-28-29-30-31-32-33-34-35-36-37-38-40-42-44-46-48-50-52-54-56-58-60-70(88)83-65(66(87)59-57-55-53-51-49-47-45-43-41-39-24-22-20-18-16-14-12-10-8-6-4-2)64-96-80-76(94)73(91)78(68(62-85)98-80)101-82-77(95)74(92)79(69(63-86)99-82)100-81-75(93)72(90)71(89)67(61-84)97-81/h5,7,11,13,17,19,23,25,27-28,30-31,65-69,71-82,84-87,89-95H,3-4,6,8-10,12,14-16,18,20-22,24,26,29,32-64H2,1-2H3,(H,83,88)/b7-5-,13-11-,19-17-,25-23-,28-27-,31-30-. The van der Waals surface area contributed by atoms with Gasteiger partial charge in [0.05, 0.1) is 38.6 Å². The van der Waals surface area contributed by atoms with Gasteiger partial charge in [0.2, 0.25) is 5.91 Å². The molecule has 19 nitrogen and oxygen atoms in total. The van der Waals surface area contributed by atoms with Crippen molar-refractivity contribution < 1.29 is 89.4 Å². The minimum atomic E-state index is -1.97. The van der Waals surface area contributed by atoms with E-state index in [4.69, 9.17) is 28.4 Å². The van der Waals surface area contributed by atoms with Crippen LogP contribution in [0.5, 0.6) is 0 Å². The molecule has 0 aromatic carbocycles. The molecule has 3 heterocycles. The van der Waals surface area contributed by atoms with Crippen LogP contribution in [-0.4, -0.2) is 193 Å². The zero-order valence-electron chi connectivity index (χ0n) is 62.9. The lowest BCUT2D eigenvalue weighted by Gasteiger charge is -2.48. The molecule has 0 radical (unpaired) electrons. The highest BCUT2D eigenvalue weighted by atomic mass is 16.8. The lowest BCUT2D eigenvalue weighted by atomic mass is 9.96. The minimum Gasteiger partial charge on any atom is -0.394 e. The van der Waals surface area contributed by atoms with E-state index in [-0.39, 0.29) is 18.9 Å². The van der Waals surface area contributed by atoms with Gasteiger partial charge in [-0.25, -0.2) is 0 Å². The summed E-state index contributed by atoms with van der Waals surface area (Å²) in [6, 6.07) is -0.891. The molecule has 3 saturated heterocycles. The second kappa shape index (κ2) is 62.3. The van der Waals surface area contributed by atoms with E-state index in [0.717, 1.165) is 83.5 Å². The summed E-state index contributed by atoms with van der Waals surface area (Å²) in [4.78, 5) is 13.5. The van der Waals surface area contributed by atoms with E-state index in [1.807, 2.05) is 0 Å². The molecule has 0 spiro atoms. The lowest BCUT2D eigenvalue weighted by Crippen LogP contribution is -2.66. The fourth-order valence-corrected chi connectivity index (χ4v) is 13.6. The molecule has 17 atom stereocenters. The number of amides is 1. The Labute approximate surface area is 610 Å². The fourth-order valence-electron chi connectivity index (χ4n) is 13.6. The quantitative estimate of drug-likeness (QED) is 0.0199. The number of unbranched alkanes of at least 4 members (excludes halogenated alkanes) is 36. The first-order valence-electron chi connectivity index (χ1n) is 40.7. The van der Waals surface area contributed by atoms with Crippen LogP contribution in [0.15, 0.2) is 72.9 Å². The first kappa shape index (κ1) is 92.4. The van der Waals surface area contributed by atoms with Crippen LogP contribution in [0.25, 0.3) is 0 Å². The third kappa shape index (κ3) is 42.4. The molecule has 588 valence electrons. The fraction of sp³-hybridized carbons (Fsp3) is 0.841. The Bertz CT molecular complexity index is 2110. The molecule has 0 saturated carbocycles. The molecule has 3 rings (SSSR count). The number of aliphatic hydroxyl groups excluding tert-OH is 11. The van der Waals surface area contributed by atoms with Crippen LogP contribution in [-0.2, 0) is 33.2 Å². The average Bonchev–Trinajstić information content (AvgIpc) is 0.782. The Morgan fingerprint density at radius 3 is 1.07 bits per heavy atom. The molecule has 3 aliphatic rings. The second-order valence-electron chi connectivity index (χ2n) is 28.9. The van der Waals surface area contributed by atoms with Gasteiger partial charge >= 0.3 is 0 Å². The molecule has 0 bridgehead atoms. The summed E-state index contributed by atoms with van der Waals surface area (Å²) < 4.78 is 34.5. The number of ether oxygens (including phenoxy) is 6. The van der Waals surface area contributed by atoms with Crippen LogP contribution in [0, 0.1) is 0 Å². The maximum Gasteiger partial charge on any atom is 0.220 e. The van der Waals surface area contributed by atoms with Crippen molar-refractivity contribution in [3.8, 4) is 0 Å². The number of allylic oxidation sites excluding steroid dienone is 12. The second-order valence-corrected chi connectivity index (χ2v) is 28.9. The Balaban J connectivity index is 1.34. The number of carbonyl (C=O) groups is 1. The Morgan fingerprint density at radius 1 is 0.366 bits per heavy atom. The van der Waals surface area contributed by atoms with Crippen LogP contribution < -0.4 is 5.32 Å². The van der Waals surface area contributed by atoms with Gasteiger partial charge in [0.15, 0.2) is 18.9 Å². The number of hydrogen-bond donors (Lipinski definition) is 12. The van der Waals surface area contributed by atoms with Crippen LogP contribution in [0.4, 0.5) is 0 Å². The molecule has 12 N–H and O–H groups in total. The molecule has 0 aliphatic carbocycles. The van der Waals surface area contributed by atoms with Crippen molar-refractivity contribution in [2.75, 3.05) is 26.4 Å². The summed E-state index contributed by atoms with van der Waals surface area (Å²) in [5.41, 5.74) is 0. The topological polar surface area (TPSA) is 307 Å². The molecule has 19 heteroatoms. The van der Waals surface area contributed by atoms with Crippen LogP contribution >= 0.6 is 0 Å². The highest BCUT2D eigenvalue weighted by Crippen LogP contribution is 2.33. The van der Waals surface area contributed by atoms with Crippen molar-refractivity contribution in [1.82, 2.24) is 5.32 Å². The van der Waals surface area contributed by atoms with Crippen LogP contribution in [0.2, 0.25) is 0 Å². The Morgan fingerprint density at radius 2 is 0.683 bits per heavy atom. The molecule has 0 aromatic rings. The predicted octanol–water partition coefficient (Wildman–Crippen LogP) is 13.6. The van der Waals surface area contributed by atoms with Crippen molar-refractivity contribution in [2.24, 2.45) is 0 Å². The van der Waals surface area contributed by atoms with E-state index in [9.17, 15) is 61.0 Å². The van der Waals surface area contributed by atoms with Gasteiger partial charge in [-0.3, -0.25) is 4.79 Å². The highest BCUT2D eigenvalue weighted by molar-refractivity contribution is 5.76. The molecule has 1 amide bonds. The maximum absolute atomic E-state index is 13.5. The van der Waals surface area contributed by atoms with Gasteiger partial charge in [-0.1, -0.05) is 311 Å². The minimum absolute atomic E-state index is 0.240. The summed E-state index contributed by atoms with van der Waals surface area (Å²) in [6.07, 6.45) is 54.1. The molecular weight excluding hydrogens is 1290 g/mol. The van der Waals surface area contributed by atoms with E-state index in [2.05, 4.69) is 92.1 Å². The van der Waals surface area contributed by atoms with Gasteiger partial charge in [-0.2, -0.15) is 0 Å². The van der Waals surface area contributed by atoms with Crippen molar-refractivity contribution in [2.45, 2.75) is 413 Å². The number of nitrogens with one attached hydrogen (secondary N) is 1. The summed E-state index contributed by atoms with van der Waals surface area (Å²) in [6.45, 7) is 1.72. The van der Waals surface area contributed by atoms with E-state index < -0.39 is 124 Å². The number of aliphatic hydroxyl groups is 11. The molecule has 0 aromatic heterocycles. The zero-order valence-corrected chi connectivity index (χ0v) is 62.9. The van der Waals surface area contributed by atoms with Gasteiger partial charge in [0.1, 0.15) is 73.2 Å². The first-order valence-corrected chi connectivity index (χ1v) is 40.7. The van der Waals surface area contributed by atoms with E-state index >= 15 is 0 Å². The SMILES string of the molecule is CC/C=C\C/C=C\C/C=C\C/C=C\C/C=C\C/C=C\CCCCCCCCCCCCCCCCCCC(=O)NC(COC1OC(CO)C(OC2OC(CO)C(OC3OC(CO)C(O)C(O)C3O)C(O)C2O)C(O)C1O)C(O)CCCCCCCCCCCCCCCCCCCCCCC. The van der Waals surface area contributed by atoms with Gasteiger partial charge in [-0.15, -0.1) is 0 Å². The van der Waals surface area contributed by atoms with Gasteiger partial charge in [0.25, 0.3) is 0 Å². The normalized spacial score (nSPS) is 26.7.